The molecule has 0 N–H and O–H groups in total. The maximum absolute atomic E-state index is 13.0. The summed E-state index contributed by atoms with van der Waals surface area (Å²) in [7, 11) is 0. The van der Waals surface area contributed by atoms with Crippen molar-refractivity contribution in [2.45, 2.75) is 12.6 Å². The molecule has 0 bridgehead atoms. The van der Waals surface area contributed by atoms with E-state index in [0.717, 1.165) is 12.1 Å². The van der Waals surface area contributed by atoms with Gasteiger partial charge in [-0.3, -0.25) is 9.69 Å². The van der Waals surface area contributed by atoms with Crippen molar-refractivity contribution in [3.63, 3.8) is 0 Å². The van der Waals surface area contributed by atoms with E-state index in [1.165, 1.54) is 0 Å². The largest absolute Gasteiger partial charge is 0.417 e. The van der Waals surface area contributed by atoms with Crippen LogP contribution in [0.1, 0.15) is 22.3 Å². The molecule has 0 unspecified atom stereocenters. The van der Waals surface area contributed by atoms with Gasteiger partial charge in [0.15, 0.2) is 5.78 Å². The van der Waals surface area contributed by atoms with Gasteiger partial charge in [0.25, 0.3) is 0 Å². The second kappa shape index (κ2) is 6.53. The summed E-state index contributed by atoms with van der Waals surface area (Å²) in [5.74, 6) is -1.64. The summed E-state index contributed by atoms with van der Waals surface area (Å²) in [6, 6.07) is 2.14. The van der Waals surface area contributed by atoms with Crippen molar-refractivity contribution in [3.8, 4) is 0 Å². The van der Waals surface area contributed by atoms with Crippen LogP contribution in [-0.2, 0) is 10.9 Å². The molecule has 1 saturated heterocycles. The summed E-state index contributed by atoms with van der Waals surface area (Å²) in [4.78, 5) is 13.9. The van der Waals surface area contributed by atoms with Gasteiger partial charge in [0.1, 0.15) is 5.82 Å². The molecule has 7 heteroatoms. The van der Waals surface area contributed by atoms with Crippen LogP contribution in [-0.4, -0.2) is 43.5 Å². The number of ketones is 1. The van der Waals surface area contributed by atoms with Crippen LogP contribution in [0, 0.1) is 5.82 Å². The van der Waals surface area contributed by atoms with Crippen molar-refractivity contribution in [1.29, 1.82) is 0 Å². The van der Waals surface area contributed by atoms with Gasteiger partial charge in [-0.05, 0) is 18.2 Å². The van der Waals surface area contributed by atoms with Gasteiger partial charge in [-0.2, -0.15) is 13.2 Å². The van der Waals surface area contributed by atoms with E-state index in [1.54, 1.807) is 0 Å². The van der Waals surface area contributed by atoms with E-state index in [-0.39, 0.29) is 6.42 Å². The minimum Gasteiger partial charge on any atom is -0.379 e. The summed E-state index contributed by atoms with van der Waals surface area (Å²) in [5.41, 5.74) is -1.69. The van der Waals surface area contributed by atoms with Gasteiger partial charge in [0.2, 0.25) is 0 Å². The first kappa shape index (κ1) is 15.9. The van der Waals surface area contributed by atoms with E-state index in [2.05, 4.69) is 0 Å². The van der Waals surface area contributed by atoms with Crippen molar-refractivity contribution in [2.24, 2.45) is 0 Å². The lowest BCUT2D eigenvalue weighted by molar-refractivity contribution is -0.138. The monoisotopic (exact) mass is 305 g/mol. The van der Waals surface area contributed by atoms with Crippen LogP contribution in [0.5, 0.6) is 0 Å². The molecule has 0 saturated carbocycles. The first-order chi connectivity index (χ1) is 9.88. The van der Waals surface area contributed by atoms with Crippen LogP contribution in [0.25, 0.3) is 0 Å². The fourth-order valence-electron chi connectivity index (χ4n) is 2.21. The highest BCUT2D eigenvalue weighted by atomic mass is 19.4. The minimum absolute atomic E-state index is 0.0330. The maximum Gasteiger partial charge on any atom is 0.417 e. The Labute approximate surface area is 119 Å². The van der Waals surface area contributed by atoms with E-state index < -0.39 is 28.9 Å². The SMILES string of the molecule is O=C(CCN1CCOCC1)c1ccc(F)cc1C(F)(F)F. The molecule has 2 rings (SSSR count). The molecule has 0 amide bonds. The standard InChI is InChI=1S/C14H15F4NO2/c15-10-1-2-11(12(9-10)14(16,17)18)13(20)3-4-19-5-7-21-8-6-19/h1-2,9H,3-8H2. The summed E-state index contributed by atoms with van der Waals surface area (Å²) in [6.45, 7) is 2.79. The molecule has 1 aromatic rings. The van der Waals surface area contributed by atoms with Crippen molar-refractivity contribution in [2.75, 3.05) is 32.8 Å². The second-order valence-corrected chi connectivity index (χ2v) is 4.81. The van der Waals surface area contributed by atoms with Gasteiger partial charge in [-0.25, -0.2) is 4.39 Å². The molecular formula is C14H15F4NO2. The molecular weight excluding hydrogens is 290 g/mol. The van der Waals surface area contributed by atoms with Crippen LogP contribution in [0.3, 0.4) is 0 Å². The fraction of sp³-hybridized carbons (Fsp3) is 0.500. The van der Waals surface area contributed by atoms with Crippen LogP contribution in [0.2, 0.25) is 0 Å². The molecule has 1 fully saturated rings. The Kier molecular flexibility index (Phi) is 4.95. The van der Waals surface area contributed by atoms with Crippen LogP contribution < -0.4 is 0 Å². The number of ether oxygens (including phenoxy) is 1. The highest BCUT2D eigenvalue weighted by molar-refractivity contribution is 5.97. The number of Topliss-reactive ketones (excluding diaryl/α,β-unsaturated/α-hetero) is 1. The Morgan fingerprint density at radius 2 is 1.90 bits per heavy atom. The normalized spacial score (nSPS) is 17.0. The summed E-state index contributed by atoms with van der Waals surface area (Å²) in [5, 5.41) is 0. The number of rotatable bonds is 4. The van der Waals surface area contributed by atoms with E-state index >= 15 is 0 Å². The molecule has 0 radical (unpaired) electrons. The molecule has 1 aliphatic rings. The first-order valence-corrected chi connectivity index (χ1v) is 6.58. The number of morpholine rings is 1. The smallest absolute Gasteiger partial charge is 0.379 e. The number of hydrogen-bond acceptors (Lipinski definition) is 3. The van der Waals surface area contributed by atoms with E-state index in [4.69, 9.17) is 4.74 Å². The van der Waals surface area contributed by atoms with Gasteiger partial charge in [0.05, 0.1) is 18.8 Å². The predicted octanol–water partition coefficient (Wildman–Crippen LogP) is 2.75. The zero-order valence-electron chi connectivity index (χ0n) is 11.3. The third-order valence-corrected chi connectivity index (χ3v) is 3.35. The number of nitrogens with zero attached hydrogens (tertiary/aromatic N) is 1. The molecule has 1 heterocycles. The molecule has 0 aliphatic carbocycles. The van der Waals surface area contributed by atoms with Crippen molar-refractivity contribution >= 4 is 5.78 Å². The van der Waals surface area contributed by atoms with E-state index in [0.29, 0.717) is 38.9 Å². The molecule has 116 valence electrons. The van der Waals surface area contributed by atoms with Gasteiger partial charge in [-0.1, -0.05) is 0 Å². The topological polar surface area (TPSA) is 29.5 Å². The Bertz CT molecular complexity index is 510. The molecule has 0 spiro atoms. The summed E-state index contributed by atoms with van der Waals surface area (Å²) >= 11 is 0. The molecule has 21 heavy (non-hydrogen) atoms. The summed E-state index contributed by atoms with van der Waals surface area (Å²) < 4.78 is 56.6. The zero-order valence-corrected chi connectivity index (χ0v) is 11.3. The number of halogens is 4. The van der Waals surface area contributed by atoms with Crippen molar-refractivity contribution in [1.82, 2.24) is 4.90 Å². The predicted molar refractivity (Wildman–Crippen MR) is 67.6 cm³/mol. The Balaban J connectivity index is 2.08. The number of carbonyl (C=O) groups is 1. The second-order valence-electron chi connectivity index (χ2n) is 4.81. The number of alkyl halides is 3. The quantitative estimate of drug-likeness (QED) is 0.633. The van der Waals surface area contributed by atoms with Crippen LogP contribution in [0.15, 0.2) is 18.2 Å². The maximum atomic E-state index is 13.0. The molecule has 0 aromatic heterocycles. The van der Waals surface area contributed by atoms with Gasteiger partial charge >= 0.3 is 6.18 Å². The number of hydrogen-bond donors (Lipinski definition) is 0. The van der Waals surface area contributed by atoms with E-state index in [9.17, 15) is 22.4 Å². The minimum atomic E-state index is -4.74. The summed E-state index contributed by atoms with van der Waals surface area (Å²) in [6.07, 6.45) is -4.78. The zero-order chi connectivity index (χ0) is 15.5. The van der Waals surface area contributed by atoms with Gasteiger partial charge in [0, 0.05) is 31.6 Å². The van der Waals surface area contributed by atoms with Crippen LogP contribution in [0.4, 0.5) is 17.6 Å². The Morgan fingerprint density at radius 3 is 2.52 bits per heavy atom. The third-order valence-electron chi connectivity index (χ3n) is 3.35. The average Bonchev–Trinajstić information content (AvgIpc) is 2.45. The van der Waals surface area contributed by atoms with Gasteiger partial charge in [-0.15, -0.1) is 0 Å². The molecule has 1 aliphatic heterocycles. The van der Waals surface area contributed by atoms with Crippen molar-refractivity contribution in [3.05, 3.63) is 35.1 Å². The fourth-order valence-corrected chi connectivity index (χ4v) is 2.21. The van der Waals surface area contributed by atoms with Gasteiger partial charge < -0.3 is 4.74 Å². The number of carbonyl (C=O) groups excluding carboxylic acids is 1. The first-order valence-electron chi connectivity index (χ1n) is 6.58. The highest BCUT2D eigenvalue weighted by Crippen LogP contribution is 2.33. The molecule has 1 aromatic carbocycles. The molecule has 0 atom stereocenters. The Hall–Kier alpha value is -1.47. The Morgan fingerprint density at radius 1 is 1.24 bits per heavy atom. The molecule has 3 nitrogen and oxygen atoms in total. The lowest BCUT2D eigenvalue weighted by atomic mass is 10.0. The third kappa shape index (κ3) is 4.25. The number of benzene rings is 1. The van der Waals surface area contributed by atoms with Crippen LogP contribution >= 0.6 is 0 Å². The highest BCUT2D eigenvalue weighted by Gasteiger charge is 2.35. The lowest BCUT2D eigenvalue weighted by Crippen LogP contribution is -2.37. The van der Waals surface area contributed by atoms with Crippen molar-refractivity contribution < 1.29 is 27.1 Å². The average molecular weight is 305 g/mol. The van der Waals surface area contributed by atoms with E-state index in [1.807, 2.05) is 4.90 Å². The lowest BCUT2D eigenvalue weighted by Gasteiger charge is -2.26.